The van der Waals surface area contributed by atoms with Crippen molar-refractivity contribution in [3.8, 4) is 17.2 Å². The summed E-state index contributed by atoms with van der Waals surface area (Å²) in [7, 11) is 0. The SMILES string of the molecule is Oc1ccc(Cl)cc1Cc1ccccc1.Oc1ccc(O)c(Cl)c1. The molecule has 0 aliphatic rings. The lowest BCUT2D eigenvalue weighted by molar-refractivity contribution is 0.460. The molecule has 124 valence electrons. The normalized spacial score (nSPS) is 9.92. The van der Waals surface area contributed by atoms with E-state index in [1.165, 1.54) is 18.2 Å². The van der Waals surface area contributed by atoms with Crippen molar-refractivity contribution in [3.63, 3.8) is 0 Å². The van der Waals surface area contributed by atoms with E-state index in [1.54, 1.807) is 18.2 Å². The highest BCUT2D eigenvalue weighted by Crippen LogP contribution is 2.26. The van der Waals surface area contributed by atoms with Gasteiger partial charge in [-0.25, -0.2) is 0 Å². The average molecular weight is 363 g/mol. The van der Waals surface area contributed by atoms with Gasteiger partial charge in [0, 0.05) is 17.5 Å². The van der Waals surface area contributed by atoms with Crippen LogP contribution in [-0.2, 0) is 6.42 Å². The van der Waals surface area contributed by atoms with Crippen molar-refractivity contribution < 1.29 is 15.3 Å². The fourth-order valence-electron chi connectivity index (χ4n) is 2.01. The van der Waals surface area contributed by atoms with Crippen molar-refractivity contribution >= 4 is 23.2 Å². The predicted octanol–water partition coefficient (Wildman–Crippen LogP) is 5.39. The molecule has 0 unspecified atom stereocenters. The molecule has 0 saturated carbocycles. The fourth-order valence-corrected chi connectivity index (χ4v) is 2.38. The zero-order valence-electron chi connectivity index (χ0n) is 12.7. The first kappa shape index (κ1) is 18.0. The summed E-state index contributed by atoms with van der Waals surface area (Å²) in [6.45, 7) is 0. The van der Waals surface area contributed by atoms with Gasteiger partial charge < -0.3 is 15.3 Å². The van der Waals surface area contributed by atoms with Crippen LogP contribution in [0.2, 0.25) is 10.0 Å². The van der Waals surface area contributed by atoms with Gasteiger partial charge in [-0.2, -0.15) is 0 Å². The predicted molar refractivity (Wildman–Crippen MR) is 97.1 cm³/mol. The van der Waals surface area contributed by atoms with Crippen LogP contribution in [0.25, 0.3) is 0 Å². The van der Waals surface area contributed by atoms with Crippen molar-refractivity contribution in [2.45, 2.75) is 6.42 Å². The van der Waals surface area contributed by atoms with Crippen LogP contribution in [0.1, 0.15) is 11.1 Å². The Hall–Kier alpha value is -2.36. The van der Waals surface area contributed by atoms with Gasteiger partial charge in [0.15, 0.2) is 0 Å². The van der Waals surface area contributed by atoms with E-state index in [-0.39, 0.29) is 16.5 Å². The van der Waals surface area contributed by atoms with Crippen LogP contribution in [-0.4, -0.2) is 15.3 Å². The van der Waals surface area contributed by atoms with E-state index in [9.17, 15) is 5.11 Å². The van der Waals surface area contributed by atoms with E-state index in [2.05, 4.69) is 0 Å². The van der Waals surface area contributed by atoms with Gasteiger partial charge in [0.1, 0.15) is 17.2 Å². The van der Waals surface area contributed by atoms with Crippen LogP contribution < -0.4 is 0 Å². The lowest BCUT2D eigenvalue weighted by Gasteiger charge is -2.05. The van der Waals surface area contributed by atoms with Gasteiger partial charge in [-0.1, -0.05) is 53.5 Å². The molecule has 0 saturated heterocycles. The number of rotatable bonds is 2. The summed E-state index contributed by atoms with van der Waals surface area (Å²) in [6.07, 6.45) is 0.702. The van der Waals surface area contributed by atoms with Crippen molar-refractivity contribution in [1.29, 1.82) is 0 Å². The highest BCUT2D eigenvalue weighted by atomic mass is 35.5. The molecular weight excluding hydrogens is 347 g/mol. The number of benzene rings is 3. The molecule has 0 bridgehead atoms. The minimum atomic E-state index is -0.0190. The van der Waals surface area contributed by atoms with Gasteiger partial charge in [-0.15, -0.1) is 0 Å². The first-order chi connectivity index (χ1) is 11.5. The Kier molecular flexibility index (Phi) is 6.36. The Labute approximate surface area is 150 Å². The molecule has 0 spiro atoms. The number of aromatic hydroxyl groups is 3. The van der Waals surface area contributed by atoms with Crippen molar-refractivity contribution in [2.24, 2.45) is 0 Å². The Morgan fingerprint density at radius 3 is 2.00 bits per heavy atom. The van der Waals surface area contributed by atoms with Crippen LogP contribution in [0.15, 0.2) is 66.7 Å². The molecule has 0 amide bonds. The lowest BCUT2D eigenvalue weighted by Crippen LogP contribution is -1.88. The zero-order chi connectivity index (χ0) is 17.5. The number of hydrogen-bond donors (Lipinski definition) is 3. The number of halogens is 2. The van der Waals surface area contributed by atoms with Gasteiger partial charge in [-0.05, 0) is 41.5 Å². The summed E-state index contributed by atoms with van der Waals surface area (Å²) in [5.41, 5.74) is 2.02. The Morgan fingerprint density at radius 2 is 1.38 bits per heavy atom. The minimum Gasteiger partial charge on any atom is -0.508 e. The Morgan fingerprint density at radius 1 is 0.708 bits per heavy atom. The maximum Gasteiger partial charge on any atom is 0.134 e. The molecular formula is C19H16Cl2O3. The van der Waals surface area contributed by atoms with Crippen molar-refractivity contribution in [2.75, 3.05) is 0 Å². The molecule has 3 aromatic carbocycles. The number of phenolic OH excluding ortho intramolecular Hbond substituents is 3. The molecule has 3 N–H and O–H groups in total. The monoisotopic (exact) mass is 362 g/mol. The number of phenols is 3. The van der Waals surface area contributed by atoms with Gasteiger partial charge in [0.25, 0.3) is 0 Å². The molecule has 3 rings (SSSR count). The summed E-state index contributed by atoms with van der Waals surface area (Å²) >= 11 is 11.3. The third-order valence-corrected chi connectivity index (χ3v) is 3.75. The van der Waals surface area contributed by atoms with E-state index in [0.29, 0.717) is 17.2 Å². The quantitative estimate of drug-likeness (QED) is 0.535. The molecule has 5 heteroatoms. The molecule has 24 heavy (non-hydrogen) atoms. The van der Waals surface area contributed by atoms with E-state index in [4.69, 9.17) is 33.4 Å². The van der Waals surface area contributed by atoms with Crippen molar-refractivity contribution in [3.05, 3.63) is 87.9 Å². The molecule has 0 aliphatic carbocycles. The van der Waals surface area contributed by atoms with Gasteiger partial charge in [-0.3, -0.25) is 0 Å². The highest BCUT2D eigenvalue weighted by molar-refractivity contribution is 6.32. The third kappa shape index (κ3) is 5.37. The smallest absolute Gasteiger partial charge is 0.134 e. The second-order valence-electron chi connectivity index (χ2n) is 5.07. The summed E-state index contributed by atoms with van der Waals surface area (Å²) in [6, 6.07) is 19.1. The molecule has 0 fully saturated rings. The van der Waals surface area contributed by atoms with Gasteiger partial charge in [0.05, 0.1) is 5.02 Å². The molecule has 0 atom stereocenters. The van der Waals surface area contributed by atoms with Gasteiger partial charge in [0.2, 0.25) is 0 Å². The minimum absolute atomic E-state index is 0.0190. The molecule has 0 aliphatic heterocycles. The number of hydrogen-bond acceptors (Lipinski definition) is 3. The van der Waals surface area contributed by atoms with E-state index in [1.807, 2.05) is 30.3 Å². The zero-order valence-corrected chi connectivity index (χ0v) is 14.2. The molecule has 3 nitrogen and oxygen atoms in total. The van der Waals surface area contributed by atoms with Crippen molar-refractivity contribution in [1.82, 2.24) is 0 Å². The Bertz CT molecular complexity index is 805. The second kappa shape index (κ2) is 8.48. The first-order valence-electron chi connectivity index (χ1n) is 7.14. The Balaban J connectivity index is 0.000000198. The third-order valence-electron chi connectivity index (χ3n) is 3.21. The summed E-state index contributed by atoms with van der Waals surface area (Å²) < 4.78 is 0. The van der Waals surface area contributed by atoms with E-state index >= 15 is 0 Å². The van der Waals surface area contributed by atoms with Crippen LogP contribution in [0.3, 0.4) is 0 Å². The molecule has 3 aromatic rings. The molecule has 0 radical (unpaired) electrons. The molecule has 0 heterocycles. The van der Waals surface area contributed by atoms with E-state index < -0.39 is 0 Å². The van der Waals surface area contributed by atoms with E-state index in [0.717, 1.165) is 11.1 Å². The summed E-state index contributed by atoms with van der Waals surface area (Å²) in [5.74, 6) is 0.329. The van der Waals surface area contributed by atoms with Crippen LogP contribution >= 0.6 is 23.2 Å². The first-order valence-corrected chi connectivity index (χ1v) is 7.90. The van der Waals surface area contributed by atoms with Crippen LogP contribution in [0, 0.1) is 0 Å². The van der Waals surface area contributed by atoms with Crippen LogP contribution in [0.4, 0.5) is 0 Å². The van der Waals surface area contributed by atoms with Gasteiger partial charge >= 0.3 is 0 Å². The average Bonchev–Trinajstić information content (AvgIpc) is 2.56. The maximum atomic E-state index is 9.64. The summed E-state index contributed by atoms with van der Waals surface area (Å²) in [5, 5.41) is 28.0. The largest absolute Gasteiger partial charge is 0.508 e. The lowest BCUT2D eigenvalue weighted by atomic mass is 10.0. The maximum absolute atomic E-state index is 9.64. The van der Waals surface area contributed by atoms with Crippen LogP contribution in [0.5, 0.6) is 17.2 Å². The second-order valence-corrected chi connectivity index (χ2v) is 5.91. The summed E-state index contributed by atoms with van der Waals surface area (Å²) in [4.78, 5) is 0. The fraction of sp³-hybridized carbons (Fsp3) is 0.0526. The molecule has 0 aromatic heterocycles. The topological polar surface area (TPSA) is 60.7 Å². The highest BCUT2D eigenvalue weighted by Gasteiger charge is 2.02. The standard InChI is InChI=1S/C13H11ClO.C6H5ClO2/c14-12-6-7-13(15)11(9-12)8-10-4-2-1-3-5-10;7-5-3-4(8)1-2-6(5)9/h1-7,9,15H,8H2;1-3,8-9H.